The van der Waals surface area contributed by atoms with Crippen LogP contribution < -0.4 is 15.8 Å². The molecule has 0 spiro atoms. The fourth-order valence-corrected chi connectivity index (χ4v) is 3.21. The molecule has 1 aliphatic rings. The lowest BCUT2D eigenvalue weighted by molar-refractivity contribution is -0.125. The van der Waals surface area contributed by atoms with Crippen LogP contribution >= 0.6 is 11.3 Å². The van der Waals surface area contributed by atoms with Gasteiger partial charge >= 0.3 is 0 Å². The van der Waals surface area contributed by atoms with E-state index in [1.54, 1.807) is 0 Å². The van der Waals surface area contributed by atoms with Crippen molar-refractivity contribution < 1.29 is 9.53 Å². The molecule has 5 nitrogen and oxygen atoms in total. The molecule has 1 aromatic heterocycles. The van der Waals surface area contributed by atoms with Crippen LogP contribution in [0.1, 0.15) is 17.7 Å². The van der Waals surface area contributed by atoms with Crippen molar-refractivity contribution in [1.29, 1.82) is 0 Å². The summed E-state index contributed by atoms with van der Waals surface area (Å²) >= 11 is 1.42. The highest BCUT2D eigenvalue weighted by atomic mass is 32.1. The topological polar surface area (TPSA) is 77.2 Å². The van der Waals surface area contributed by atoms with E-state index in [9.17, 15) is 4.79 Å². The summed E-state index contributed by atoms with van der Waals surface area (Å²) in [7, 11) is 0. The number of carbonyl (C=O) groups excluding carboxylic acids is 1. The Morgan fingerprint density at radius 3 is 3.14 bits per heavy atom. The standard InChI is InChI=1S/C16H19N3O2S/c17-16-19-13(10-22-16)5-7-18-15(20)12-6-8-21-14-4-2-1-3-11(14)9-12/h1-4,10,12H,5-9H2,(H2,17,19)(H,18,20)/t12-/m1/s1. The second-order valence-electron chi connectivity index (χ2n) is 5.36. The predicted molar refractivity (Wildman–Crippen MR) is 87.0 cm³/mol. The number of hydrogen-bond donors (Lipinski definition) is 2. The van der Waals surface area contributed by atoms with Gasteiger partial charge in [0.25, 0.3) is 0 Å². The van der Waals surface area contributed by atoms with Crippen LogP contribution in [0.5, 0.6) is 5.75 Å². The molecule has 3 rings (SSSR count). The largest absolute Gasteiger partial charge is 0.493 e. The third-order valence-electron chi connectivity index (χ3n) is 3.78. The van der Waals surface area contributed by atoms with Gasteiger partial charge in [0.15, 0.2) is 5.13 Å². The Morgan fingerprint density at radius 1 is 1.45 bits per heavy atom. The van der Waals surface area contributed by atoms with Gasteiger partial charge in [0.1, 0.15) is 5.75 Å². The Hall–Kier alpha value is -2.08. The summed E-state index contributed by atoms with van der Waals surface area (Å²) in [5, 5.41) is 5.49. The molecule has 22 heavy (non-hydrogen) atoms. The summed E-state index contributed by atoms with van der Waals surface area (Å²) in [6.07, 6.45) is 2.18. The minimum absolute atomic E-state index is 0.0378. The quantitative estimate of drug-likeness (QED) is 0.904. The zero-order valence-electron chi connectivity index (χ0n) is 12.2. The van der Waals surface area contributed by atoms with Crippen molar-refractivity contribution in [2.45, 2.75) is 19.3 Å². The number of rotatable bonds is 4. The third-order valence-corrected chi connectivity index (χ3v) is 4.51. The van der Waals surface area contributed by atoms with Crippen molar-refractivity contribution in [2.75, 3.05) is 18.9 Å². The van der Waals surface area contributed by atoms with Crippen molar-refractivity contribution >= 4 is 22.4 Å². The fraction of sp³-hybridized carbons (Fsp3) is 0.375. The predicted octanol–water partition coefficient (Wildman–Crippen LogP) is 2.03. The van der Waals surface area contributed by atoms with Crippen LogP contribution in [0.2, 0.25) is 0 Å². The average molecular weight is 317 g/mol. The van der Waals surface area contributed by atoms with Gasteiger partial charge in [0, 0.05) is 24.3 Å². The van der Waals surface area contributed by atoms with Gasteiger partial charge in [-0.05, 0) is 24.5 Å². The zero-order chi connectivity index (χ0) is 15.4. The minimum atomic E-state index is -0.0378. The van der Waals surface area contributed by atoms with Gasteiger partial charge in [0.05, 0.1) is 12.3 Å². The SMILES string of the molecule is Nc1nc(CCNC(=O)[C@@H]2CCOc3ccccc3C2)cs1. The van der Waals surface area contributed by atoms with E-state index in [4.69, 9.17) is 10.5 Å². The molecule has 0 saturated heterocycles. The number of amides is 1. The normalized spacial score (nSPS) is 17.2. The number of benzene rings is 1. The Kier molecular flexibility index (Phi) is 4.58. The number of para-hydroxylation sites is 1. The number of ether oxygens (including phenoxy) is 1. The highest BCUT2D eigenvalue weighted by Gasteiger charge is 2.23. The molecule has 1 amide bonds. The van der Waals surface area contributed by atoms with Gasteiger partial charge in [-0.1, -0.05) is 18.2 Å². The first kappa shape index (κ1) is 14.8. The van der Waals surface area contributed by atoms with E-state index in [1.165, 1.54) is 11.3 Å². The molecule has 1 aromatic carbocycles. The smallest absolute Gasteiger partial charge is 0.223 e. The molecule has 6 heteroatoms. The number of hydrogen-bond acceptors (Lipinski definition) is 5. The molecule has 1 atom stereocenters. The third kappa shape index (κ3) is 3.57. The molecule has 0 unspecified atom stereocenters. The summed E-state index contributed by atoms with van der Waals surface area (Å²) in [5.74, 6) is 0.948. The monoisotopic (exact) mass is 317 g/mol. The van der Waals surface area contributed by atoms with Crippen molar-refractivity contribution in [3.05, 3.63) is 40.9 Å². The number of nitrogen functional groups attached to an aromatic ring is 1. The Morgan fingerprint density at radius 2 is 2.32 bits per heavy atom. The number of anilines is 1. The summed E-state index contributed by atoms with van der Waals surface area (Å²) in [6, 6.07) is 7.93. The first-order valence-corrected chi connectivity index (χ1v) is 8.28. The number of nitrogens with one attached hydrogen (secondary N) is 1. The summed E-state index contributed by atoms with van der Waals surface area (Å²) < 4.78 is 5.70. The zero-order valence-corrected chi connectivity index (χ0v) is 13.1. The molecular formula is C16H19N3O2S. The summed E-state index contributed by atoms with van der Waals surface area (Å²) in [6.45, 7) is 1.17. The van der Waals surface area contributed by atoms with Crippen molar-refractivity contribution in [3.63, 3.8) is 0 Å². The number of carbonyl (C=O) groups is 1. The van der Waals surface area contributed by atoms with Crippen molar-refractivity contribution in [1.82, 2.24) is 10.3 Å². The summed E-state index contributed by atoms with van der Waals surface area (Å²) in [4.78, 5) is 16.5. The van der Waals surface area contributed by atoms with Gasteiger partial charge < -0.3 is 15.8 Å². The van der Waals surface area contributed by atoms with Gasteiger partial charge in [0.2, 0.25) is 5.91 Å². The van der Waals surface area contributed by atoms with Gasteiger partial charge in [-0.3, -0.25) is 4.79 Å². The first-order valence-electron chi connectivity index (χ1n) is 7.40. The number of thiazole rings is 1. The Labute approximate surface area is 133 Å². The molecule has 0 bridgehead atoms. The maximum absolute atomic E-state index is 12.3. The lowest BCUT2D eigenvalue weighted by Gasteiger charge is -2.13. The maximum atomic E-state index is 12.3. The second-order valence-corrected chi connectivity index (χ2v) is 6.25. The van der Waals surface area contributed by atoms with Crippen LogP contribution in [0, 0.1) is 5.92 Å². The van der Waals surface area contributed by atoms with Crippen LogP contribution in [-0.4, -0.2) is 24.0 Å². The molecule has 3 N–H and O–H groups in total. The lowest BCUT2D eigenvalue weighted by Crippen LogP contribution is -2.33. The lowest BCUT2D eigenvalue weighted by atomic mass is 9.96. The highest BCUT2D eigenvalue weighted by molar-refractivity contribution is 7.13. The van der Waals surface area contributed by atoms with E-state index in [2.05, 4.69) is 10.3 Å². The van der Waals surface area contributed by atoms with Crippen LogP contribution in [0.15, 0.2) is 29.6 Å². The summed E-state index contributed by atoms with van der Waals surface area (Å²) in [5.41, 5.74) is 7.63. The highest BCUT2D eigenvalue weighted by Crippen LogP contribution is 2.26. The molecule has 0 saturated carbocycles. The van der Waals surface area contributed by atoms with Crippen molar-refractivity contribution in [2.24, 2.45) is 5.92 Å². The van der Waals surface area contributed by atoms with Crippen molar-refractivity contribution in [3.8, 4) is 5.75 Å². The second kappa shape index (κ2) is 6.79. The number of nitrogens with zero attached hydrogens (tertiary/aromatic N) is 1. The molecule has 0 fully saturated rings. The Balaban J connectivity index is 1.54. The molecule has 1 aliphatic heterocycles. The van der Waals surface area contributed by atoms with Crippen LogP contribution in [0.3, 0.4) is 0 Å². The minimum Gasteiger partial charge on any atom is -0.493 e. The van der Waals surface area contributed by atoms with Crippen LogP contribution in [0.25, 0.3) is 0 Å². The van der Waals surface area contributed by atoms with Crippen LogP contribution in [0.4, 0.5) is 5.13 Å². The number of aromatic nitrogens is 1. The van der Waals surface area contributed by atoms with E-state index in [-0.39, 0.29) is 11.8 Å². The first-order chi connectivity index (χ1) is 10.7. The molecule has 0 aliphatic carbocycles. The molecule has 2 heterocycles. The molecule has 2 aromatic rings. The van der Waals surface area contributed by atoms with Gasteiger partial charge in [-0.25, -0.2) is 4.98 Å². The molecule has 0 radical (unpaired) electrons. The number of fused-ring (bicyclic) bond motifs is 1. The average Bonchev–Trinajstić information content (AvgIpc) is 2.81. The van der Waals surface area contributed by atoms with E-state index >= 15 is 0 Å². The van der Waals surface area contributed by atoms with E-state index in [1.807, 2.05) is 29.6 Å². The maximum Gasteiger partial charge on any atom is 0.223 e. The van der Waals surface area contributed by atoms with Crippen LogP contribution in [-0.2, 0) is 17.6 Å². The number of nitrogens with two attached hydrogens (primary N) is 1. The van der Waals surface area contributed by atoms with Gasteiger partial charge in [-0.2, -0.15) is 0 Å². The molecule has 116 valence electrons. The van der Waals surface area contributed by atoms with E-state index in [0.29, 0.717) is 24.7 Å². The fourth-order valence-electron chi connectivity index (χ4n) is 2.61. The Bertz CT molecular complexity index is 656. The molecular weight excluding hydrogens is 298 g/mol. The van der Waals surface area contributed by atoms with Gasteiger partial charge in [-0.15, -0.1) is 11.3 Å². The van der Waals surface area contributed by atoms with E-state index in [0.717, 1.165) is 29.8 Å². The van der Waals surface area contributed by atoms with E-state index < -0.39 is 0 Å².